The Morgan fingerprint density at radius 2 is 0.945 bits per heavy atom. The van der Waals surface area contributed by atoms with Gasteiger partial charge in [0.1, 0.15) is 38.3 Å². The molecule has 4 aromatic carbocycles. The Morgan fingerprint density at radius 1 is 0.564 bits per heavy atom. The van der Waals surface area contributed by atoms with Crippen LogP contribution >= 0.6 is 0 Å². The number of aliphatic hydroxyl groups excluding tert-OH is 1. The fraction of sp³-hybridized carbons (Fsp3) is 0.422. The molecule has 10 atom stereocenters. The molecule has 3 aliphatic heterocycles. The summed E-state index contributed by atoms with van der Waals surface area (Å²) in [4.78, 5) is 0. The van der Waals surface area contributed by atoms with E-state index in [0.717, 1.165) is 28.4 Å². The zero-order chi connectivity index (χ0) is 38.6. The molecule has 10 nitrogen and oxygen atoms in total. The summed E-state index contributed by atoms with van der Waals surface area (Å²) >= 11 is 0. The van der Waals surface area contributed by atoms with E-state index in [1.165, 1.54) is 0 Å². The van der Waals surface area contributed by atoms with Gasteiger partial charge in [0, 0.05) is 0 Å². The number of benzene rings is 4. The van der Waals surface area contributed by atoms with Crippen molar-refractivity contribution < 1.29 is 47.4 Å². The molecule has 0 radical (unpaired) electrons. The van der Waals surface area contributed by atoms with Gasteiger partial charge in [0.25, 0.3) is 0 Å². The van der Waals surface area contributed by atoms with E-state index in [-0.39, 0.29) is 30.5 Å². The molecule has 0 amide bonds. The molecule has 0 aromatic heterocycles. The van der Waals surface area contributed by atoms with E-state index in [2.05, 4.69) is 0 Å². The Bertz CT molecular complexity index is 1710. The van der Waals surface area contributed by atoms with Crippen molar-refractivity contribution in [2.45, 2.75) is 122 Å². The largest absolute Gasteiger partial charge is 0.484 e. The van der Waals surface area contributed by atoms with Crippen molar-refractivity contribution in [3.8, 4) is 0 Å². The van der Waals surface area contributed by atoms with Gasteiger partial charge >= 0.3 is 18.4 Å². The monoisotopic (exact) mass is 754 g/mol. The molecule has 10 heteroatoms. The first-order valence-corrected chi connectivity index (χ1v) is 19.0. The number of fused-ring (bicyclic) bond motifs is 1. The molecule has 0 spiro atoms. The molecule has 7 rings (SSSR count). The minimum absolute atomic E-state index is 0.176. The Balaban J connectivity index is 0.000000187. The molecule has 2 fully saturated rings. The lowest BCUT2D eigenvalue weighted by molar-refractivity contribution is -0.570. The summed E-state index contributed by atoms with van der Waals surface area (Å²) in [6.07, 6.45) is -3.84. The smallest absolute Gasteiger partial charge is 0.385 e. The second-order valence-electron chi connectivity index (χ2n) is 14.2. The van der Waals surface area contributed by atoms with Crippen LogP contribution < -0.4 is 0 Å². The zero-order valence-corrected chi connectivity index (χ0v) is 32.3. The van der Waals surface area contributed by atoms with Crippen LogP contribution in [0, 0.1) is 6.10 Å². The molecular weight excluding hydrogens is 700 g/mol. The molecule has 1 N–H and O–H groups in total. The molecule has 4 aromatic rings. The van der Waals surface area contributed by atoms with Crippen molar-refractivity contribution in [2.75, 3.05) is 0 Å². The maximum absolute atomic E-state index is 10.9. The molecule has 3 aliphatic rings. The van der Waals surface area contributed by atoms with Gasteiger partial charge in [-0.25, -0.2) is 0 Å². The summed E-state index contributed by atoms with van der Waals surface area (Å²) < 4.78 is 53.9. The molecule has 0 bridgehead atoms. The minimum atomic E-state index is -0.962. The second kappa shape index (κ2) is 20.2. The molecule has 2 saturated heterocycles. The summed E-state index contributed by atoms with van der Waals surface area (Å²) in [5, 5.41) is 10.9. The SMILES string of the molecule is CC1=[O+][C@H]2OC(C)[C@H](OCc3ccccc3)[C@H](OCc3ccccc3)C2O1.C[C+](C)O[C@H]1OC(C)[C@H](OCc2ccccc2)[C@H](OCc2ccccc2)C1O. The van der Waals surface area contributed by atoms with Crippen LogP contribution in [-0.4, -0.2) is 72.5 Å². The summed E-state index contributed by atoms with van der Waals surface area (Å²) in [6.45, 7) is 11.1. The van der Waals surface area contributed by atoms with E-state index in [0.29, 0.717) is 32.4 Å². The number of hydrogen-bond acceptors (Lipinski definition) is 9. The van der Waals surface area contributed by atoms with Crippen LogP contribution in [0.4, 0.5) is 0 Å². The maximum atomic E-state index is 10.9. The Kier molecular flexibility index (Phi) is 14.9. The third-order valence-electron chi connectivity index (χ3n) is 9.56. The first kappa shape index (κ1) is 40.6. The molecule has 55 heavy (non-hydrogen) atoms. The zero-order valence-electron chi connectivity index (χ0n) is 32.3. The fourth-order valence-electron chi connectivity index (χ4n) is 6.80. The van der Waals surface area contributed by atoms with Crippen LogP contribution in [0.25, 0.3) is 0 Å². The predicted molar refractivity (Wildman–Crippen MR) is 206 cm³/mol. The summed E-state index contributed by atoms with van der Waals surface area (Å²) in [5.74, 6) is 0.509. The van der Waals surface area contributed by atoms with Crippen molar-refractivity contribution in [1.29, 1.82) is 0 Å². The Morgan fingerprint density at radius 3 is 1.38 bits per heavy atom. The van der Waals surface area contributed by atoms with Crippen LogP contribution in [-0.2, 0) is 68.7 Å². The van der Waals surface area contributed by atoms with Gasteiger partial charge in [-0.3, -0.25) is 4.42 Å². The number of aliphatic hydroxyl groups is 1. The Labute approximate surface area is 324 Å². The lowest BCUT2D eigenvalue weighted by Gasteiger charge is -2.42. The maximum Gasteiger partial charge on any atom is 0.484 e. The topological polar surface area (TPSA) is 105 Å². The van der Waals surface area contributed by atoms with Crippen molar-refractivity contribution in [3.63, 3.8) is 0 Å². The lowest BCUT2D eigenvalue weighted by atomic mass is 9.99. The van der Waals surface area contributed by atoms with E-state index < -0.39 is 30.9 Å². The van der Waals surface area contributed by atoms with Crippen molar-refractivity contribution in [3.05, 3.63) is 150 Å². The molecule has 4 unspecified atom stereocenters. The molecule has 292 valence electrons. The van der Waals surface area contributed by atoms with Gasteiger partial charge in [0.2, 0.25) is 12.4 Å². The highest BCUT2D eigenvalue weighted by Crippen LogP contribution is 2.32. The van der Waals surface area contributed by atoms with E-state index >= 15 is 0 Å². The van der Waals surface area contributed by atoms with Gasteiger partial charge < -0.3 is 38.3 Å². The third-order valence-corrected chi connectivity index (χ3v) is 9.56. The van der Waals surface area contributed by atoms with Crippen LogP contribution in [0.3, 0.4) is 0 Å². The number of carbonyl (C=O) groups excluding carboxylic acids is 1. The summed E-state index contributed by atoms with van der Waals surface area (Å²) in [7, 11) is 0. The summed E-state index contributed by atoms with van der Waals surface area (Å²) in [6, 6.07) is 40.0. The number of esters is 1. The predicted octanol–water partition coefficient (Wildman–Crippen LogP) is 7.23. The van der Waals surface area contributed by atoms with Crippen molar-refractivity contribution in [1.82, 2.24) is 0 Å². The average molecular weight is 755 g/mol. The van der Waals surface area contributed by atoms with E-state index in [4.69, 9.17) is 42.3 Å². The van der Waals surface area contributed by atoms with Gasteiger partial charge in [-0.2, -0.15) is 4.74 Å². The van der Waals surface area contributed by atoms with Gasteiger partial charge in [-0.15, -0.1) is 0 Å². The number of hydrogen-bond donors (Lipinski definition) is 1. The van der Waals surface area contributed by atoms with Crippen LogP contribution in [0.2, 0.25) is 0 Å². The van der Waals surface area contributed by atoms with Crippen molar-refractivity contribution in [2.24, 2.45) is 0 Å². The number of ether oxygens (including phenoxy) is 8. The molecule has 0 aliphatic carbocycles. The average Bonchev–Trinajstić information content (AvgIpc) is 3.57. The van der Waals surface area contributed by atoms with Crippen molar-refractivity contribution >= 4 is 5.97 Å². The van der Waals surface area contributed by atoms with E-state index in [9.17, 15) is 5.11 Å². The normalized spacial score (nSPS) is 28.6. The van der Waals surface area contributed by atoms with Gasteiger partial charge in [-0.05, 0) is 36.1 Å². The highest BCUT2D eigenvalue weighted by molar-refractivity contribution is 5.67. The quantitative estimate of drug-likeness (QED) is 0.0811. The highest BCUT2D eigenvalue weighted by Gasteiger charge is 2.58. The first-order chi connectivity index (χ1) is 26.7. The van der Waals surface area contributed by atoms with Gasteiger partial charge in [-0.1, -0.05) is 121 Å². The van der Waals surface area contributed by atoms with Crippen LogP contribution in [0.5, 0.6) is 0 Å². The van der Waals surface area contributed by atoms with E-state index in [1.54, 1.807) is 6.92 Å². The lowest BCUT2D eigenvalue weighted by Crippen LogP contribution is -2.59. The van der Waals surface area contributed by atoms with Gasteiger partial charge in [0.05, 0.1) is 45.6 Å². The van der Waals surface area contributed by atoms with Crippen LogP contribution in [0.15, 0.2) is 121 Å². The second-order valence-corrected chi connectivity index (χ2v) is 14.2. The Hall–Kier alpha value is -4.10. The summed E-state index contributed by atoms with van der Waals surface area (Å²) in [5.41, 5.74) is 4.31. The van der Waals surface area contributed by atoms with Gasteiger partial charge in [0.15, 0.2) is 6.10 Å². The minimum Gasteiger partial charge on any atom is -0.385 e. The molecular formula is C45H54O10+2. The standard InChI is InChI=1S/C23H29O5.C22H25O5/c1-16(2)27-23-20(24)22(26-15-19-12-8-5-9-13-19)21(17(3)28-23)25-14-18-10-6-4-7-11-18;1-15-19(23-13-17-9-5-3-6-10-17)20(21-22(25-15)27-16(2)26-21)24-14-18-11-7-4-8-12-18/h4-13,17,20-24H,14-15H2,1-3H3;3-12,15,19-22H,13-14H2,1-2H3/q2*+1/t17?,20?,21-,22+,23-;15?,19-,20-,21?,22+/m00/s1. The fourth-order valence-corrected chi connectivity index (χ4v) is 6.80. The first-order valence-electron chi connectivity index (χ1n) is 19.0. The molecule has 0 saturated carbocycles. The number of rotatable bonds is 14. The third kappa shape index (κ3) is 11.5. The van der Waals surface area contributed by atoms with E-state index in [1.807, 2.05) is 149 Å². The molecule has 3 heterocycles. The highest BCUT2D eigenvalue weighted by atomic mass is 16.8. The van der Waals surface area contributed by atoms with Crippen LogP contribution in [0.1, 0.15) is 56.9 Å².